The third-order valence-corrected chi connectivity index (χ3v) is 5.35. The smallest absolute Gasteiger partial charge is 0.317 e. The maximum absolute atomic E-state index is 12.7. The fourth-order valence-electron chi connectivity index (χ4n) is 3.90. The monoisotopic (exact) mass is 344 g/mol. The van der Waals surface area contributed by atoms with Gasteiger partial charge in [-0.3, -0.25) is 4.68 Å². The number of hydrogen-bond donors (Lipinski definition) is 1. The minimum atomic E-state index is 0.0156. The Morgan fingerprint density at radius 3 is 2.84 bits per heavy atom. The number of piperidine rings is 1. The predicted octanol–water partition coefficient (Wildman–Crippen LogP) is 2.08. The van der Waals surface area contributed by atoms with Crippen LogP contribution in [0.15, 0.2) is 10.7 Å². The lowest BCUT2D eigenvalue weighted by molar-refractivity contribution is 0.170. The number of rotatable bonds is 2. The average Bonchev–Trinajstić information content (AvgIpc) is 3.22. The summed E-state index contributed by atoms with van der Waals surface area (Å²) in [7, 11) is 1.97. The molecule has 8 nitrogen and oxygen atoms in total. The number of likely N-dealkylation sites (tertiary alicyclic amines) is 1. The van der Waals surface area contributed by atoms with E-state index >= 15 is 0 Å². The highest BCUT2D eigenvalue weighted by molar-refractivity contribution is 5.75. The largest absolute Gasteiger partial charge is 0.339 e. The van der Waals surface area contributed by atoms with Crippen molar-refractivity contribution in [2.75, 3.05) is 13.1 Å². The van der Waals surface area contributed by atoms with Crippen LogP contribution >= 0.6 is 0 Å². The number of nitrogens with one attached hydrogen (secondary N) is 1. The molecule has 1 atom stereocenters. The molecule has 2 aromatic heterocycles. The van der Waals surface area contributed by atoms with Gasteiger partial charge in [0.15, 0.2) is 5.82 Å². The summed E-state index contributed by atoms with van der Waals surface area (Å²) in [5.41, 5.74) is 2.40. The first kappa shape index (κ1) is 16.1. The number of nitrogens with zero attached hydrogens (tertiary/aromatic N) is 5. The van der Waals surface area contributed by atoms with Crippen molar-refractivity contribution in [2.24, 2.45) is 7.05 Å². The molecule has 0 spiro atoms. The first-order valence-electron chi connectivity index (χ1n) is 8.98. The molecule has 25 heavy (non-hydrogen) atoms. The molecule has 0 bridgehead atoms. The van der Waals surface area contributed by atoms with Crippen LogP contribution in [0, 0.1) is 6.92 Å². The molecular formula is C17H24N6O2. The zero-order chi connectivity index (χ0) is 17.4. The molecule has 8 heteroatoms. The number of fused-ring (bicyclic) bond motifs is 1. The van der Waals surface area contributed by atoms with E-state index < -0.39 is 0 Å². The molecule has 1 aliphatic carbocycles. The Bertz CT molecular complexity index is 759. The van der Waals surface area contributed by atoms with Crippen LogP contribution in [-0.2, 0) is 13.5 Å². The lowest BCUT2D eigenvalue weighted by Crippen LogP contribution is -2.45. The number of carbonyl (C=O) groups excluding carboxylic acids is 1. The van der Waals surface area contributed by atoms with Crippen molar-refractivity contribution in [1.29, 1.82) is 0 Å². The molecule has 1 N–H and O–H groups in total. The van der Waals surface area contributed by atoms with Crippen LogP contribution in [0.5, 0.6) is 0 Å². The second kappa shape index (κ2) is 6.50. The Morgan fingerprint density at radius 2 is 2.12 bits per heavy atom. The zero-order valence-corrected chi connectivity index (χ0v) is 14.7. The Morgan fingerprint density at radius 1 is 1.32 bits per heavy atom. The van der Waals surface area contributed by atoms with Gasteiger partial charge in [0, 0.05) is 37.3 Å². The third kappa shape index (κ3) is 3.12. The number of aromatic nitrogens is 4. The topological polar surface area (TPSA) is 89.1 Å². The third-order valence-electron chi connectivity index (χ3n) is 5.35. The van der Waals surface area contributed by atoms with Crippen LogP contribution in [-0.4, -0.2) is 43.9 Å². The Labute approximate surface area is 146 Å². The summed E-state index contributed by atoms with van der Waals surface area (Å²) >= 11 is 0. The molecule has 1 fully saturated rings. The summed E-state index contributed by atoms with van der Waals surface area (Å²) in [5, 5.41) is 11.4. The second-order valence-corrected chi connectivity index (χ2v) is 7.01. The quantitative estimate of drug-likeness (QED) is 0.901. The van der Waals surface area contributed by atoms with Crippen LogP contribution < -0.4 is 5.32 Å². The first-order chi connectivity index (χ1) is 12.1. The van der Waals surface area contributed by atoms with Gasteiger partial charge in [-0.05, 0) is 39.0 Å². The SMILES string of the molecule is Cc1noc(C2CCN(C(=O)NC3CCCc4c3cnn4C)CC2)n1. The van der Waals surface area contributed by atoms with Gasteiger partial charge in [-0.15, -0.1) is 0 Å². The number of hydrogen-bond acceptors (Lipinski definition) is 5. The van der Waals surface area contributed by atoms with E-state index in [4.69, 9.17) is 4.52 Å². The first-order valence-corrected chi connectivity index (χ1v) is 8.98. The van der Waals surface area contributed by atoms with Gasteiger partial charge >= 0.3 is 6.03 Å². The molecule has 0 saturated carbocycles. The molecule has 2 aliphatic rings. The molecule has 0 radical (unpaired) electrons. The van der Waals surface area contributed by atoms with E-state index in [-0.39, 0.29) is 18.0 Å². The maximum atomic E-state index is 12.7. The molecule has 1 aliphatic heterocycles. The summed E-state index contributed by atoms with van der Waals surface area (Å²) in [4.78, 5) is 18.9. The lowest BCUT2D eigenvalue weighted by Gasteiger charge is -2.32. The van der Waals surface area contributed by atoms with Gasteiger partial charge in [-0.25, -0.2) is 4.79 Å². The van der Waals surface area contributed by atoms with Crippen molar-refractivity contribution in [3.63, 3.8) is 0 Å². The molecule has 1 unspecified atom stereocenters. The normalized spacial score (nSPS) is 21.2. The Balaban J connectivity index is 1.35. The van der Waals surface area contributed by atoms with Gasteiger partial charge in [-0.2, -0.15) is 10.1 Å². The standard InChI is InChI=1S/C17H24N6O2/c1-11-19-16(25-21-11)12-6-8-23(9-7-12)17(24)20-14-4-3-5-15-13(14)10-18-22(15)2/h10,12,14H,3-9H2,1-2H3,(H,20,24). The van der Waals surface area contributed by atoms with Crippen molar-refractivity contribution < 1.29 is 9.32 Å². The minimum Gasteiger partial charge on any atom is -0.339 e. The number of aryl methyl sites for hydroxylation is 2. The van der Waals surface area contributed by atoms with Crippen molar-refractivity contribution in [1.82, 2.24) is 30.1 Å². The highest BCUT2D eigenvalue weighted by atomic mass is 16.5. The van der Waals surface area contributed by atoms with Gasteiger partial charge in [0.25, 0.3) is 0 Å². The Kier molecular flexibility index (Phi) is 4.19. The summed E-state index contributed by atoms with van der Waals surface area (Å²) in [6, 6.07) is 0.0862. The summed E-state index contributed by atoms with van der Waals surface area (Å²) < 4.78 is 7.20. The van der Waals surface area contributed by atoms with Crippen LogP contribution in [0.2, 0.25) is 0 Å². The molecule has 134 valence electrons. The van der Waals surface area contributed by atoms with E-state index in [1.54, 1.807) is 0 Å². The van der Waals surface area contributed by atoms with Crippen LogP contribution in [0.3, 0.4) is 0 Å². The highest BCUT2D eigenvalue weighted by Gasteiger charge is 2.30. The van der Waals surface area contributed by atoms with E-state index in [1.807, 2.05) is 29.7 Å². The fourth-order valence-corrected chi connectivity index (χ4v) is 3.90. The van der Waals surface area contributed by atoms with Crippen molar-refractivity contribution in [3.05, 3.63) is 29.2 Å². The molecule has 2 aromatic rings. The van der Waals surface area contributed by atoms with E-state index in [9.17, 15) is 4.79 Å². The van der Waals surface area contributed by atoms with Gasteiger partial charge in [-0.1, -0.05) is 5.16 Å². The van der Waals surface area contributed by atoms with Crippen LogP contribution in [0.25, 0.3) is 0 Å². The average molecular weight is 344 g/mol. The van der Waals surface area contributed by atoms with Gasteiger partial charge < -0.3 is 14.7 Å². The van der Waals surface area contributed by atoms with Crippen LogP contribution in [0.1, 0.15) is 60.6 Å². The van der Waals surface area contributed by atoms with Gasteiger partial charge in [0.1, 0.15) is 0 Å². The summed E-state index contributed by atoms with van der Waals surface area (Å²) in [5.74, 6) is 1.62. The second-order valence-electron chi connectivity index (χ2n) is 7.01. The molecule has 1 saturated heterocycles. The number of amides is 2. The minimum absolute atomic E-state index is 0.0156. The number of urea groups is 1. The summed E-state index contributed by atoms with van der Waals surface area (Å²) in [6.07, 6.45) is 6.70. The van der Waals surface area contributed by atoms with E-state index in [0.29, 0.717) is 24.8 Å². The fraction of sp³-hybridized carbons (Fsp3) is 0.647. The maximum Gasteiger partial charge on any atom is 0.317 e. The van der Waals surface area contributed by atoms with E-state index in [2.05, 4.69) is 20.6 Å². The predicted molar refractivity (Wildman–Crippen MR) is 90.0 cm³/mol. The molecule has 3 heterocycles. The van der Waals surface area contributed by atoms with Crippen molar-refractivity contribution in [3.8, 4) is 0 Å². The summed E-state index contributed by atoms with van der Waals surface area (Å²) in [6.45, 7) is 3.25. The molecule has 0 aromatic carbocycles. The van der Waals surface area contributed by atoms with Crippen molar-refractivity contribution in [2.45, 2.75) is 51.0 Å². The van der Waals surface area contributed by atoms with Crippen LogP contribution in [0.4, 0.5) is 4.79 Å². The van der Waals surface area contributed by atoms with E-state index in [1.165, 1.54) is 11.3 Å². The lowest BCUT2D eigenvalue weighted by atomic mass is 9.93. The van der Waals surface area contributed by atoms with Gasteiger partial charge in [0.2, 0.25) is 5.89 Å². The molecular weight excluding hydrogens is 320 g/mol. The Hall–Kier alpha value is -2.38. The molecule has 2 amide bonds. The zero-order valence-electron chi connectivity index (χ0n) is 14.7. The molecule has 4 rings (SSSR count). The van der Waals surface area contributed by atoms with E-state index in [0.717, 1.165) is 32.1 Å². The number of carbonyl (C=O) groups is 1. The van der Waals surface area contributed by atoms with Gasteiger partial charge in [0.05, 0.1) is 12.2 Å². The highest BCUT2D eigenvalue weighted by Crippen LogP contribution is 2.30. The van der Waals surface area contributed by atoms with Crippen molar-refractivity contribution >= 4 is 6.03 Å².